The van der Waals surface area contributed by atoms with Crippen molar-refractivity contribution in [3.05, 3.63) is 41.4 Å². The maximum absolute atomic E-state index is 11.6. The van der Waals surface area contributed by atoms with Crippen LogP contribution in [0.25, 0.3) is 0 Å². The Morgan fingerprint density at radius 1 is 1.29 bits per heavy atom. The number of benzene rings is 1. The Morgan fingerprint density at radius 2 is 1.81 bits per heavy atom. The number of rotatable bonds is 6. The van der Waals surface area contributed by atoms with E-state index in [0.29, 0.717) is 10.8 Å². The minimum Gasteiger partial charge on any atom is -0.478 e. The largest absolute Gasteiger partial charge is 0.478 e. The van der Waals surface area contributed by atoms with E-state index >= 15 is 0 Å². The summed E-state index contributed by atoms with van der Waals surface area (Å²) in [5.74, 6) is -2.05. The number of carbonyl (C=O) groups excluding carboxylic acids is 1. The molecule has 8 heteroatoms. The van der Waals surface area contributed by atoms with Crippen LogP contribution in [-0.4, -0.2) is 28.7 Å². The number of carbonyl (C=O) groups is 2. The number of esters is 1. The van der Waals surface area contributed by atoms with Crippen LogP contribution in [0.3, 0.4) is 0 Å². The summed E-state index contributed by atoms with van der Waals surface area (Å²) in [6.45, 7) is 4.85. The maximum Gasteiger partial charge on any atom is 0.364 e. The summed E-state index contributed by atoms with van der Waals surface area (Å²) in [5, 5.41) is 9.36. The molecule has 0 amide bonds. The molecular weight excluding hydrogens is 321 g/mol. The highest BCUT2D eigenvalue weighted by Gasteiger charge is 2.28. The first-order valence-corrected chi connectivity index (χ1v) is 6.27. The lowest BCUT2D eigenvalue weighted by Gasteiger charge is -2.16. The lowest BCUT2D eigenvalue weighted by atomic mass is 10.2. The number of carboxylic acids is 1. The molecule has 0 aliphatic rings. The van der Waals surface area contributed by atoms with Gasteiger partial charge in [-0.3, -0.25) is 0 Å². The fraction of sp³-hybridized carbons (Fsp3) is 0.231. The molecule has 0 spiro atoms. The third-order valence-electron chi connectivity index (χ3n) is 2.14. The molecule has 0 aliphatic carbocycles. The zero-order chi connectivity index (χ0) is 15.3. The first kappa shape index (κ1) is 19.2. The van der Waals surface area contributed by atoms with E-state index in [1.165, 1.54) is 19.1 Å². The van der Waals surface area contributed by atoms with Gasteiger partial charge in [0.1, 0.15) is 5.75 Å². The Kier molecular flexibility index (Phi) is 7.80. The smallest absolute Gasteiger partial charge is 0.364 e. The van der Waals surface area contributed by atoms with Crippen LogP contribution >= 0.6 is 23.2 Å². The number of aliphatic carboxylic acids is 1. The van der Waals surface area contributed by atoms with Crippen LogP contribution in [0.15, 0.2) is 36.4 Å². The van der Waals surface area contributed by atoms with Gasteiger partial charge in [0, 0.05) is 5.02 Å². The Labute approximate surface area is 131 Å². The molecule has 0 aliphatic heterocycles. The summed E-state index contributed by atoms with van der Waals surface area (Å²) < 4.78 is 9.81. The minimum absolute atomic E-state index is 0. The molecule has 4 N–H and O–H groups in total. The molecule has 116 valence electrons. The maximum atomic E-state index is 11.6. The van der Waals surface area contributed by atoms with Crippen molar-refractivity contribution >= 4 is 35.1 Å². The molecule has 1 aromatic rings. The summed E-state index contributed by atoms with van der Waals surface area (Å²) in [6, 6.07) is 6.14. The molecule has 2 unspecified atom stereocenters. The molecule has 0 bridgehead atoms. The second kappa shape index (κ2) is 8.51. The van der Waals surface area contributed by atoms with Crippen LogP contribution < -0.4 is 10.9 Å². The predicted molar refractivity (Wildman–Crippen MR) is 79.1 cm³/mol. The van der Waals surface area contributed by atoms with E-state index in [0.717, 1.165) is 0 Å². The van der Waals surface area contributed by atoms with E-state index in [1.54, 1.807) is 12.1 Å². The zero-order valence-electron chi connectivity index (χ0n) is 11.2. The number of ether oxygens (including phenoxy) is 2. The van der Waals surface area contributed by atoms with Crippen LogP contribution in [0.4, 0.5) is 0 Å². The van der Waals surface area contributed by atoms with Crippen LogP contribution in [-0.2, 0) is 14.3 Å². The highest BCUT2D eigenvalue weighted by Crippen LogP contribution is 2.19. The van der Waals surface area contributed by atoms with Crippen LogP contribution in [0.5, 0.6) is 5.75 Å². The van der Waals surface area contributed by atoms with Crippen molar-refractivity contribution in [1.29, 1.82) is 0 Å². The molecule has 0 fully saturated rings. The topological polar surface area (TPSA) is 108 Å². The second-order valence-corrected chi connectivity index (χ2v) is 4.72. The summed E-state index contributed by atoms with van der Waals surface area (Å²) >= 11 is 11.4. The standard InChI is InChI=1S/C13H12Cl2O5.H3N/c1-7(2)10(12(16)17)20-13(18)11(15)19-9-5-3-8(14)4-6-9;/h3-6,10-11H,1H2,2H3,(H,16,17);1H3. The second-order valence-electron chi connectivity index (χ2n) is 3.89. The summed E-state index contributed by atoms with van der Waals surface area (Å²) in [6.07, 6.45) is -1.46. The van der Waals surface area contributed by atoms with Gasteiger partial charge >= 0.3 is 11.9 Å². The quantitative estimate of drug-likeness (QED) is 0.470. The van der Waals surface area contributed by atoms with E-state index in [9.17, 15) is 9.59 Å². The van der Waals surface area contributed by atoms with Gasteiger partial charge in [-0.2, -0.15) is 0 Å². The van der Waals surface area contributed by atoms with Crippen LogP contribution in [0.2, 0.25) is 5.02 Å². The Balaban J connectivity index is 0.00000400. The molecule has 0 radical (unpaired) electrons. The van der Waals surface area contributed by atoms with Crippen LogP contribution in [0.1, 0.15) is 6.92 Å². The van der Waals surface area contributed by atoms with Crippen LogP contribution in [0, 0.1) is 0 Å². The van der Waals surface area contributed by atoms with E-state index < -0.39 is 23.6 Å². The summed E-state index contributed by atoms with van der Waals surface area (Å²) in [7, 11) is 0. The van der Waals surface area contributed by atoms with E-state index in [-0.39, 0.29) is 11.7 Å². The number of hydrogen-bond donors (Lipinski definition) is 2. The van der Waals surface area contributed by atoms with Crippen molar-refractivity contribution in [2.75, 3.05) is 0 Å². The summed E-state index contributed by atoms with van der Waals surface area (Å²) in [5.41, 5.74) is -1.31. The lowest BCUT2D eigenvalue weighted by Crippen LogP contribution is -2.33. The fourth-order valence-corrected chi connectivity index (χ4v) is 1.49. The van der Waals surface area contributed by atoms with Gasteiger partial charge in [0.2, 0.25) is 6.10 Å². The highest BCUT2D eigenvalue weighted by atomic mass is 35.5. The van der Waals surface area contributed by atoms with Gasteiger partial charge in [-0.15, -0.1) is 0 Å². The van der Waals surface area contributed by atoms with Crippen molar-refractivity contribution in [3.63, 3.8) is 0 Å². The van der Waals surface area contributed by atoms with Gasteiger partial charge < -0.3 is 20.7 Å². The van der Waals surface area contributed by atoms with Crippen molar-refractivity contribution < 1.29 is 24.2 Å². The Bertz CT molecular complexity index is 504. The number of alkyl halides is 1. The molecule has 6 nitrogen and oxygen atoms in total. The molecule has 0 saturated heterocycles. The SMILES string of the molecule is C=C(C)C(OC(=O)C(Cl)Oc1ccc(Cl)cc1)C(=O)O.N. The van der Waals surface area contributed by atoms with Crippen molar-refractivity contribution in [1.82, 2.24) is 6.15 Å². The lowest BCUT2D eigenvalue weighted by molar-refractivity contribution is -0.163. The molecular formula is C13H15Cl2NO5. The predicted octanol–water partition coefficient (Wildman–Crippen LogP) is 3.02. The van der Waals surface area contributed by atoms with E-state index in [2.05, 4.69) is 6.58 Å². The molecule has 1 rings (SSSR count). The highest BCUT2D eigenvalue weighted by molar-refractivity contribution is 6.30. The van der Waals surface area contributed by atoms with Gasteiger partial charge in [-0.05, 0) is 36.8 Å². The number of hydrogen-bond acceptors (Lipinski definition) is 5. The monoisotopic (exact) mass is 335 g/mol. The normalized spacial score (nSPS) is 12.5. The first-order chi connectivity index (χ1) is 9.31. The average Bonchev–Trinajstić information content (AvgIpc) is 2.37. The van der Waals surface area contributed by atoms with E-state index in [4.69, 9.17) is 37.8 Å². The average molecular weight is 336 g/mol. The molecule has 2 atom stereocenters. The van der Waals surface area contributed by atoms with Crippen molar-refractivity contribution in [2.24, 2.45) is 0 Å². The van der Waals surface area contributed by atoms with Gasteiger partial charge in [0.15, 0.2) is 0 Å². The molecule has 21 heavy (non-hydrogen) atoms. The Morgan fingerprint density at radius 3 is 2.24 bits per heavy atom. The number of halogens is 2. The fourth-order valence-electron chi connectivity index (χ4n) is 1.21. The zero-order valence-corrected chi connectivity index (χ0v) is 12.7. The van der Waals surface area contributed by atoms with Gasteiger partial charge in [-0.25, -0.2) is 9.59 Å². The van der Waals surface area contributed by atoms with Gasteiger partial charge in [0.05, 0.1) is 0 Å². The minimum atomic E-state index is -1.47. The third kappa shape index (κ3) is 6.03. The third-order valence-corrected chi connectivity index (χ3v) is 2.66. The van der Waals surface area contributed by atoms with Crippen molar-refractivity contribution in [2.45, 2.75) is 18.6 Å². The molecule has 1 aromatic carbocycles. The van der Waals surface area contributed by atoms with Gasteiger partial charge in [0.25, 0.3) is 5.56 Å². The Hall–Kier alpha value is -1.76. The first-order valence-electron chi connectivity index (χ1n) is 5.46. The molecule has 0 saturated carbocycles. The summed E-state index contributed by atoms with van der Waals surface area (Å²) in [4.78, 5) is 22.5. The van der Waals surface area contributed by atoms with Gasteiger partial charge in [-0.1, -0.05) is 29.8 Å². The van der Waals surface area contributed by atoms with E-state index in [1.807, 2.05) is 0 Å². The number of carboxylic acid groups (broad SMARTS) is 1. The molecule has 0 heterocycles. The molecule has 0 aromatic heterocycles. The van der Waals surface area contributed by atoms with Crippen molar-refractivity contribution in [3.8, 4) is 5.75 Å².